The second kappa shape index (κ2) is 9.30. The van der Waals surface area contributed by atoms with Gasteiger partial charge in [0.05, 0.1) is 11.6 Å². The van der Waals surface area contributed by atoms with Crippen molar-refractivity contribution >= 4 is 40.7 Å². The van der Waals surface area contributed by atoms with Crippen molar-refractivity contribution in [1.29, 1.82) is 0 Å². The molecule has 0 bridgehead atoms. The Morgan fingerprint density at radius 2 is 1.79 bits per heavy atom. The average molecular weight is 419 g/mol. The Morgan fingerprint density at radius 1 is 1.00 bits per heavy atom. The summed E-state index contributed by atoms with van der Waals surface area (Å²) in [7, 11) is 0. The highest BCUT2D eigenvalue weighted by Gasteiger charge is 2.13. The van der Waals surface area contributed by atoms with Crippen molar-refractivity contribution in [2.45, 2.75) is 6.61 Å². The summed E-state index contributed by atoms with van der Waals surface area (Å²) in [6.45, 7) is -0.0935. The van der Waals surface area contributed by atoms with Gasteiger partial charge in [-0.05, 0) is 42.5 Å². The molecule has 0 aliphatic carbocycles. The summed E-state index contributed by atoms with van der Waals surface area (Å²) in [6.07, 6.45) is 0. The van der Waals surface area contributed by atoms with Crippen LogP contribution in [0.4, 0.5) is 5.69 Å². The molecule has 0 fully saturated rings. The molecule has 0 saturated carbocycles. The molecule has 2 amide bonds. The fourth-order valence-electron chi connectivity index (χ4n) is 2.29. The molecule has 3 aromatic rings. The van der Waals surface area contributed by atoms with Crippen LogP contribution in [0, 0.1) is 0 Å². The lowest BCUT2D eigenvalue weighted by Crippen LogP contribution is -2.32. The number of nitrogens with one attached hydrogen (secondary N) is 2. The number of anilines is 1. The summed E-state index contributed by atoms with van der Waals surface area (Å²) >= 11 is 11.9. The molecule has 2 N–H and O–H groups in total. The van der Waals surface area contributed by atoms with E-state index in [2.05, 4.69) is 10.6 Å². The number of hydrogen-bond donors (Lipinski definition) is 2. The minimum atomic E-state index is -0.501. The van der Waals surface area contributed by atoms with Crippen LogP contribution >= 0.6 is 23.2 Å². The van der Waals surface area contributed by atoms with Crippen LogP contribution in [-0.4, -0.2) is 18.4 Å². The third kappa shape index (κ3) is 5.52. The number of benzene rings is 2. The molecule has 0 atom stereocenters. The number of para-hydroxylation sites is 1. The van der Waals surface area contributed by atoms with Gasteiger partial charge in [-0.15, -0.1) is 0 Å². The van der Waals surface area contributed by atoms with Gasteiger partial charge in [0.1, 0.15) is 18.1 Å². The summed E-state index contributed by atoms with van der Waals surface area (Å²) in [5.74, 6) is 0.121. The Balaban J connectivity index is 1.49. The molecular formula is C20H16Cl2N2O4. The van der Waals surface area contributed by atoms with Crippen LogP contribution < -0.4 is 15.4 Å². The second-order valence-corrected chi connectivity index (χ2v) is 6.57. The van der Waals surface area contributed by atoms with Gasteiger partial charge in [-0.3, -0.25) is 9.59 Å². The van der Waals surface area contributed by atoms with Crippen LogP contribution in [0.15, 0.2) is 65.1 Å². The van der Waals surface area contributed by atoms with Crippen molar-refractivity contribution < 1.29 is 18.7 Å². The first kappa shape index (κ1) is 19.8. The lowest BCUT2D eigenvalue weighted by molar-refractivity contribution is -0.115. The monoisotopic (exact) mass is 418 g/mol. The third-order valence-corrected chi connectivity index (χ3v) is 4.15. The van der Waals surface area contributed by atoms with Crippen molar-refractivity contribution in [2.24, 2.45) is 0 Å². The SMILES string of the molecule is O=C(CNC(=O)c1ccc(COc2ccc(Cl)cc2Cl)o1)Nc1ccccc1. The summed E-state index contributed by atoms with van der Waals surface area (Å²) in [5, 5.41) is 6.06. The molecule has 0 aliphatic heterocycles. The van der Waals surface area contributed by atoms with Crippen molar-refractivity contribution in [2.75, 3.05) is 11.9 Å². The van der Waals surface area contributed by atoms with Gasteiger partial charge < -0.3 is 19.8 Å². The number of rotatable bonds is 7. The van der Waals surface area contributed by atoms with Gasteiger partial charge in [0.25, 0.3) is 5.91 Å². The van der Waals surface area contributed by atoms with Crippen LogP contribution in [0.3, 0.4) is 0 Å². The van der Waals surface area contributed by atoms with Crippen LogP contribution in [0.5, 0.6) is 5.75 Å². The Kier molecular flexibility index (Phi) is 6.57. The number of hydrogen-bond acceptors (Lipinski definition) is 4. The van der Waals surface area contributed by atoms with E-state index in [1.54, 1.807) is 48.5 Å². The fraction of sp³-hybridized carbons (Fsp3) is 0.100. The number of furan rings is 1. The predicted molar refractivity (Wildman–Crippen MR) is 107 cm³/mol. The number of ether oxygens (including phenoxy) is 1. The van der Waals surface area contributed by atoms with Crippen molar-refractivity contribution in [3.05, 3.63) is 82.2 Å². The van der Waals surface area contributed by atoms with E-state index in [0.717, 1.165) is 0 Å². The molecule has 0 saturated heterocycles. The minimum absolute atomic E-state index is 0.0771. The van der Waals surface area contributed by atoms with Gasteiger partial charge in [0.2, 0.25) is 5.91 Å². The molecule has 144 valence electrons. The lowest BCUT2D eigenvalue weighted by atomic mass is 10.3. The average Bonchev–Trinajstić information content (AvgIpc) is 3.15. The normalized spacial score (nSPS) is 10.4. The van der Waals surface area contributed by atoms with Gasteiger partial charge in [-0.1, -0.05) is 41.4 Å². The fourth-order valence-corrected chi connectivity index (χ4v) is 2.76. The molecular weight excluding hydrogens is 403 g/mol. The first-order valence-corrected chi connectivity index (χ1v) is 9.06. The molecule has 2 aromatic carbocycles. The molecule has 28 heavy (non-hydrogen) atoms. The number of halogens is 2. The lowest BCUT2D eigenvalue weighted by Gasteiger charge is -2.07. The highest BCUT2D eigenvalue weighted by Crippen LogP contribution is 2.28. The molecule has 0 spiro atoms. The van der Waals surface area contributed by atoms with E-state index in [4.69, 9.17) is 32.4 Å². The van der Waals surface area contributed by atoms with E-state index in [0.29, 0.717) is 27.2 Å². The smallest absolute Gasteiger partial charge is 0.287 e. The van der Waals surface area contributed by atoms with E-state index < -0.39 is 5.91 Å². The van der Waals surface area contributed by atoms with Crippen molar-refractivity contribution in [3.63, 3.8) is 0 Å². The third-order valence-electron chi connectivity index (χ3n) is 3.62. The van der Waals surface area contributed by atoms with Crippen LogP contribution in [0.25, 0.3) is 0 Å². The summed E-state index contributed by atoms with van der Waals surface area (Å²) < 4.78 is 11.0. The molecule has 8 heteroatoms. The van der Waals surface area contributed by atoms with E-state index in [9.17, 15) is 9.59 Å². The van der Waals surface area contributed by atoms with E-state index >= 15 is 0 Å². The highest BCUT2D eigenvalue weighted by atomic mass is 35.5. The maximum atomic E-state index is 12.1. The molecule has 0 radical (unpaired) electrons. The topological polar surface area (TPSA) is 80.6 Å². The van der Waals surface area contributed by atoms with Gasteiger partial charge in [0.15, 0.2) is 5.76 Å². The van der Waals surface area contributed by atoms with Crippen LogP contribution in [0.1, 0.15) is 16.3 Å². The maximum absolute atomic E-state index is 12.1. The van der Waals surface area contributed by atoms with Gasteiger partial charge in [0, 0.05) is 10.7 Å². The molecule has 0 unspecified atom stereocenters. The number of amides is 2. The summed E-state index contributed by atoms with van der Waals surface area (Å²) in [5.41, 5.74) is 0.653. The quantitative estimate of drug-likeness (QED) is 0.590. The van der Waals surface area contributed by atoms with Crippen LogP contribution in [-0.2, 0) is 11.4 Å². The summed E-state index contributed by atoms with van der Waals surface area (Å²) in [4.78, 5) is 24.0. The Labute approximate surface area is 171 Å². The first-order valence-electron chi connectivity index (χ1n) is 8.31. The number of carbonyl (C=O) groups is 2. The largest absolute Gasteiger partial charge is 0.484 e. The Bertz CT molecular complexity index is 973. The molecule has 1 heterocycles. The van der Waals surface area contributed by atoms with E-state index in [1.807, 2.05) is 6.07 Å². The Morgan fingerprint density at radius 3 is 2.54 bits per heavy atom. The second-order valence-electron chi connectivity index (χ2n) is 5.73. The molecule has 3 rings (SSSR count). The summed E-state index contributed by atoms with van der Waals surface area (Å²) in [6, 6.07) is 17.0. The predicted octanol–water partition coefficient (Wildman–Crippen LogP) is 4.53. The zero-order chi connectivity index (χ0) is 19.9. The molecule has 6 nitrogen and oxygen atoms in total. The van der Waals surface area contributed by atoms with E-state index in [1.165, 1.54) is 6.07 Å². The van der Waals surface area contributed by atoms with Crippen LogP contribution in [0.2, 0.25) is 10.0 Å². The zero-order valence-electron chi connectivity index (χ0n) is 14.6. The van der Waals surface area contributed by atoms with E-state index in [-0.39, 0.29) is 24.8 Å². The standard InChI is InChI=1S/C20H16Cl2N2O4/c21-13-6-8-17(16(22)10-13)27-12-15-7-9-18(28-15)20(26)23-11-19(25)24-14-4-2-1-3-5-14/h1-10H,11-12H2,(H,23,26)(H,24,25). The van der Waals surface area contributed by atoms with Crippen molar-refractivity contribution in [1.82, 2.24) is 5.32 Å². The maximum Gasteiger partial charge on any atom is 0.287 e. The minimum Gasteiger partial charge on any atom is -0.484 e. The highest BCUT2D eigenvalue weighted by molar-refractivity contribution is 6.35. The van der Waals surface area contributed by atoms with Gasteiger partial charge in [-0.25, -0.2) is 0 Å². The zero-order valence-corrected chi connectivity index (χ0v) is 16.1. The first-order chi connectivity index (χ1) is 13.5. The Hall–Kier alpha value is -2.96. The van der Waals surface area contributed by atoms with Gasteiger partial charge >= 0.3 is 0 Å². The molecule has 0 aliphatic rings. The van der Waals surface area contributed by atoms with Crippen molar-refractivity contribution in [3.8, 4) is 5.75 Å². The van der Waals surface area contributed by atoms with Gasteiger partial charge in [-0.2, -0.15) is 0 Å². The molecule has 1 aromatic heterocycles. The number of carbonyl (C=O) groups excluding carboxylic acids is 2.